The first-order valence-electron chi connectivity index (χ1n) is 10.4. The molecule has 2 aromatic heterocycles. The van der Waals surface area contributed by atoms with Gasteiger partial charge in [0, 0.05) is 35.3 Å². The van der Waals surface area contributed by atoms with Crippen LogP contribution in [0.2, 0.25) is 0 Å². The van der Waals surface area contributed by atoms with Crippen molar-refractivity contribution in [3.05, 3.63) is 71.9 Å². The van der Waals surface area contributed by atoms with Crippen LogP contribution in [0.25, 0.3) is 10.9 Å². The van der Waals surface area contributed by atoms with Crippen molar-refractivity contribution >= 4 is 50.7 Å². The lowest BCUT2D eigenvalue weighted by Gasteiger charge is -2.10. The van der Waals surface area contributed by atoms with Crippen LogP contribution in [0, 0.1) is 18.3 Å². The smallest absolute Gasteiger partial charge is 0.324 e. The van der Waals surface area contributed by atoms with Crippen molar-refractivity contribution in [2.24, 2.45) is 0 Å². The molecule has 0 aliphatic carbocycles. The zero-order chi connectivity index (χ0) is 23.9. The number of ether oxygens (including phenoxy) is 2. The van der Waals surface area contributed by atoms with Crippen LogP contribution < -0.4 is 15.4 Å². The third kappa shape index (κ3) is 5.85. The number of hydrogen-bond donors (Lipinski definition) is 2. The highest BCUT2D eigenvalue weighted by molar-refractivity contribution is 8.01. The van der Waals surface area contributed by atoms with Gasteiger partial charge >= 0.3 is 6.03 Å². The Hall–Kier alpha value is -3.58. The Labute approximate surface area is 205 Å². The summed E-state index contributed by atoms with van der Waals surface area (Å²) in [4.78, 5) is 17.7. The average Bonchev–Trinajstić information content (AvgIpc) is 3.27. The minimum Gasteiger partial charge on any atom is -0.490 e. The van der Waals surface area contributed by atoms with E-state index in [9.17, 15) is 10.1 Å². The van der Waals surface area contributed by atoms with E-state index >= 15 is 0 Å². The number of aryl methyl sites for hydroxylation is 1. The molecule has 0 fully saturated rings. The van der Waals surface area contributed by atoms with Gasteiger partial charge in [-0.3, -0.25) is 10.3 Å². The summed E-state index contributed by atoms with van der Waals surface area (Å²) in [5, 5.41) is 16.9. The van der Waals surface area contributed by atoms with E-state index in [0.29, 0.717) is 24.5 Å². The number of hydrogen-bond acceptors (Lipinski definition) is 7. The Kier molecular flexibility index (Phi) is 7.65. The highest BCUT2D eigenvalue weighted by atomic mass is 32.2. The predicted molar refractivity (Wildman–Crippen MR) is 136 cm³/mol. The number of nitrogens with one attached hydrogen (secondary N) is 2. The van der Waals surface area contributed by atoms with Crippen LogP contribution in [0.3, 0.4) is 0 Å². The Morgan fingerprint density at radius 3 is 2.71 bits per heavy atom. The summed E-state index contributed by atoms with van der Waals surface area (Å²) in [6.07, 6.45) is 1.73. The maximum atomic E-state index is 12.3. The molecule has 9 heteroatoms. The molecule has 2 N–H and O–H groups in total. The Balaban J connectivity index is 1.48. The molecule has 0 aliphatic rings. The molecule has 0 atom stereocenters. The number of carbonyl (C=O) groups is 1. The van der Waals surface area contributed by atoms with Gasteiger partial charge in [0.2, 0.25) is 0 Å². The maximum Gasteiger partial charge on any atom is 0.324 e. The van der Waals surface area contributed by atoms with Crippen molar-refractivity contribution in [1.29, 1.82) is 5.26 Å². The van der Waals surface area contributed by atoms with E-state index in [1.165, 1.54) is 11.3 Å². The molecule has 2 heterocycles. The first-order chi connectivity index (χ1) is 16.6. The molecule has 34 heavy (non-hydrogen) atoms. The highest BCUT2D eigenvalue weighted by Crippen LogP contribution is 2.39. The fourth-order valence-electron chi connectivity index (χ4n) is 3.14. The van der Waals surface area contributed by atoms with Crippen molar-refractivity contribution in [2.75, 3.05) is 31.0 Å². The normalized spacial score (nSPS) is 10.6. The first kappa shape index (κ1) is 23.6. The summed E-state index contributed by atoms with van der Waals surface area (Å²) in [6.45, 7) is 2.79. The molecule has 0 radical (unpaired) electrons. The lowest BCUT2D eigenvalue weighted by Crippen LogP contribution is -2.18. The number of amides is 2. The molecule has 0 saturated carbocycles. The van der Waals surface area contributed by atoms with Crippen molar-refractivity contribution < 1.29 is 14.3 Å². The fourth-order valence-corrected chi connectivity index (χ4v) is 5.23. The number of nitriles is 1. The molecule has 172 valence electrons. The van der Waals surface area contributed by atoms with Gasteiger partial charge in [0.1, 0.15) is 18.4 Å². The van der Waals surface area contributed by atoms with E-state index in [2.05, 4.69) is 21.7 Å². The van der Waals surface area contributed by atoms with Gasteiger partial charge in [-0.2, -0.15) is 5.26 Å². The van der Waals surface area contributed by atoms with Gasteiger partial charge in [-0.1, -0.05) is 29.5 Å². The summed E-state index contributed by atoms with van der Waals surface area (Å²) in [5.41, 5.74) is 3.05. The summed E-state index contributed by atoms with van der Waals surface area (Å²) in [7, 11) is 1.60. The molecule has 0 spiro atoms. The predicted octanol–water partition coefficient (Wildman–Crippen LogP) is 6.30. The van der Waals surface area contributed by atoms with Gasteiger partial charge in [0.25, 0.3) is 0 Å². The SMILES string of the molecule is COCCOc1cc2nccc(Sc3ccc(NC(=O)Nc4ccc(C)cc4)s3)c2cc1C#N. The molecule has 0 saturated heterocycles. The standard InChI is InChI=1S/C25H22N4O3S2/c1-16-3-5-18(6-4-16)28-25(30)29-23-7-8-24(34-23)33-22-9-10-27-20-14-21(32-12-11-31-2)17(15-26)13-19(20)22/h3-10,13-14H,11-12H2,1-2H3,(H2,28,29,30). The molecule has 7 nitrogen and oxygen atoms in total. The Morgan fingerprint density at radius 2 is 1.94 bits per heavy atom. The zero-order valence-corrected chi connectivity index (χ0v) is 20.3. The van der Waals surface area contributed by atoms with E-state index in [1.54, 1.807) is 37.2 Å². The number of benzene rings is 2. The molecule has 0 aliphatic heterocycles. The van der Waals surface area contributed by atoms with Gasteiger partial charge in [0.15, 0.2) is 0 Å². The third-order valence-corrected chi connectivity index (χ3v) is 7.01. The van der Waals surface area contributed by atoms with Gasteiger partial charge < -0.3 is 14.8 Å². The minimum absolute atomic E-state index is 0.295. The Bertz CT molecular complexity index is 1350. The molecular weight excluding hydrogens is 468 g/mol. The number of aromatic nitrogens is 1. The second kappa shape index (κ2) is 11.0. The molecule has 4 aromatic rings. The molecule has 0 bridgehead atoms. The van der Waals surface area contributed by atoms with Crippen LogP contribution in [-0.2, 0) is 4.74 Å². The van der Waals surface area contributed by atoms with Crippen molar-refractivity contribution in [2.45, 2.75) is 16.0 Å². The summed E-state index contributed by atoms with van der Waals surface area (Å²) in [5.74, 6) is 0.490. The van der Waals surface area contributed by atoms with Crippen molar-refractivity contribution in [3.63, 3.8) is 0 Å². The molecular formula is C25H22N4O3S2. The number of nitrogens with zero attached hydrogens (tertiary/aromatic N) is 2. The van der Waals surface area contributed by atoms with Gasteiger partial charge in [-0.15, -0.1) is 11.3 Å². The van der Waals surface area contributed by atoms with E-state index in [0.717, 1.165) is 36.3 Å². The summed E-state index contributed by atoms with van der Waals surface area (Å²) >= 11 is 3.03. The minimum atomic E-state index is -0.295. The van der Waals surface area contributed by atoms with E-state index in [4.69, 9.17) is 9.47 Å². The topological polar surface area (TPSA) is 96.3 Å². The molecule has 2 amide bonds. The van der Waals surface area contributed by atoms with Crippen LogP contribution in [0.1, 0.15) is 11.1 Å². The number of fused-ring (bicyclic) bond motifs is 1. The summed E-state index contributed by atoms with van der Waals surface area (Å²) in [6, 6.07) is 18.8. The number of carbonyl (C=O) groups excluding carboxylic acids is 1. The number of pyridine rings is 1. The quantitative estimate of drug-likeness (QED) is 0.282. The molecule has 2 aromatic carbocycles. The monoisotopic (exact) mass is 490 g/mol. The van der Waals surface area contributed by atoms with Gasteiger partial charge in [-0.25, -0.2) is 4.79 Å². The van der Waals surface area contributed by atoms with Crippen LogP contribution in [0.15, 0.2) is 69.9 Å². The van der Waals surface area contributed by atoms with Crippen LogP contribution >= 0.6 is 23.1 Å². The lowest BCUT2D eigenvalue weighted by molar-refractivity contribution is 0.146. The maximum absolute atomic E-state index is 12.3. The van der Waals surface area contributed by atoms with E-state index in [-0.39, 0.29) is 6.03 Å². The van der Waals surface area contributed by atoms with Crippen LogP contribution in [-0.4, -0.2) is 31.3 Å². The van der Waals surface area contributed by atoms with E-state index in [1.807, 2.05) is 49.4 Å². The van der Waals surface area contributed by atoms with Crippen molar-refractivity contribution in [3.8, 4) is 11.8 Å². The Morgan fingerprint density at radius 1 is 1.12 bits per heavy atom. The largest absolute Gasteiger partial charge is 0.490 e. The zero-order valence-electron chi connectivity index (χ0n) is 18.6. The average molecular weight is 491 g/mol. The fraction of sp³-hybridized carbons (Fsp3) is 0.160. The van der Waals surface area contributed by atoms with Crippen molar-refractivity contribution in [1.82, 2.24) is 4.98 Å². The second-order valence-corrected chi connectivity index (χ2v) is 9.72. The number of urea groups is 1. The van der Waals surface area contributed by atoms with Crippen LogP contribution in [0.5, 0.6) is 5.75 Å². The number of thiophene rings is 1. The number of rotatable bonds is 8. The third-order valence-electron chi connectivity index (χ3n) is 4.81. The van der Waals surface area contributed by atoms with Crippen LogP contribution in [0.4, 0.5) is 15.5 Å². The highest BCUT2D eigenvalue weighted by Gasteiger charge is 2.13. The molecule has 0 unspecified atom stereocenters. The first-order valence-corrected chi connectivity index (χ1v) is 12.1. The molecule has 4 rings (SSSR count). The number of methoxy groups -OCH3 is 1. The van der Waals surface area contributed by atoms with E-state index < -0.39 is 0 Å². The summed E-state index contributed by atoms with van der Waals surface area (Å²) < 4.78 is 11.7. The number of anilines is 2. The van der Waals surface area contributed by atoms with Gasteiger partial charge in [-0.05, 0) is 43.3 Å². The van der Waals surface area contributed by atoms with Gasteiger partial charge in [0.05, 0.1) is 26.9 Å². The lowest BCUT2D eigenvalue weighted by atomic mass is 10.1. The second-order valence-electron chi connectivity index (χ2n) is 7.29.